The average Bonchev–Trinajstić information content (AvgIpc) is 2.37. The lowest BCUT2D eigenvalue weighted by molar-refractivity contribution is -0.117. The summed E-state index contributed by atoms with van der Waals surface area (Å²) in [5.74, 6) is 4.97. The monoisotopic (exact) mass is 259 g/mol. The Balaban J connectivity index is 2.78. The molecule has 100 valence electrons. The molecule has 1 aromatic rings. The van der Waals surface area contributed by atoms with Gasteiger partial charge in [-0.2, -0.15) is 0 Å². The van der Waals surface area contributed by atoms with Crippen LogP contribution < -0.4 is 16.8 Å². The molecule has 5 heteroatoms. The van der Waals surface area contributed by atoms with Crippen LogP contribution in [0.15, 0.2) is 18.2 Å². The fraction of sp³-hybridized carbons (Fsp3) is 0.286. The molecule has 0 saturated heterocycles. The third kappa shape index (κ3) is 4.82. The van der Waals surface area contributed by atoms with E-state index in [0.29, 0.717) is 5.56 Å². The average molecular weight is 259 g/mol. The molecular weight excluding hydrogens is 242 g/mol. The summed E-state index contributed by atoms with van der Waals surface area (Å²) in [6, 6.07) is 5.24. The Labute approximate surface area is 112 Å². The van der Waals surface area contributed by atoms with E-state index in [-0.39, 0.29) is 25.4 Å². The number of amides is 2. The standard InChI is InChI=1S/C14H17N3O2/c1-10-4-5-12(9-11(10)3-2-7-15)14(19)17-8-6-13(16)18/h4-5,9H,6-8,15H2,1H3,(H2,16,18)(H,17,19). The molecule has 0 unspecified atom stereocenters. The third-order valence-electron chi connectivity index (χ3n) is 2.48. The zero-order valence-corrected chi connectivity index (χ0v) is 10.8. The van der Waals surface area contributed by atoms with Crippen molar-refractivity contribution in [3.05, 3.63) is 34.9 Å². The first-order valence-corrected chi connectivity index (χ1v) is 5.90. The van der Waals surface area contributed by atoms with Crippen molar-refractivity contribution >= 4 is 11.8 Å². The fourth-order valence-electron chi connectivity index (χ4n) is 1.45. The number of aryl methyl sites for hydroxylation is 1. The highest BCUT2D eigenvalue weighted by atomic mass is 16.2. The fourth-order valence-corrected chi connectivity index (χ4v) is 1.45. The maximum Gasteiger partial charge on any atom is 0.251 e. The lowest BCUT2D eigenvalue weighted by Crippen LogP contribution is -2.27. The van der Waals surface area contributed by atoms with Crippen LogP contribution in [0, 0.1) is 18.8 Å². The second-order valence-corrected chi connectivity index (χ2v) is 4.01. The summed E-state index contributed by atoms with van der Waals surface area (Å²) in [6.45, 7) is 2.41. The summed E-state index contributed by atoms with van der Waals surface area (Å²) in [5, 5.41) is 2.62. The molecule has 5 N–H and O–H groups in total. The van der Waals surface area contributed by atoms with E-state index in [0.717, 1.165) is 11.1 Å². The maximum atomic E-state index is 11.8. The van der Waals surface area contributed by atoms with Gasteiger partial charge in [-0.25, -0.2) is 0 Å². The van der Waals surface area contributed by atoms with Gasteiger partial charge in [0.05, 0.1) is 6.54 Å². The van der Waals surface area contributed by atoms with Gasteiger partial charge in [0.15, 0.2) is 0 Å². The van der Waals surface area contributed by atoms with E-state index in [4.69, 9.17) is 11.5 Å². The molecule has 0 saturated carbocycles. The van der Waals surface area contributed by atoms with Crippen LogP contribution in [0.4, 0.5) is 0 Å². The number of hydrogen-bond donors (Lipinski definition) is 3. The Morgan fingerprint density at radius 3 is 2.74 bits per heavy atom. The number of rotatable bonds is 4. The Morgan fingerprint density at radius 1 is 1.37 bits per heavy atom. The Bertz CT molecular complexity index is 541. The first-order valence-electron chi connectivity index (χ1n) is 5.90. The third-order valence-corrected chi connectivity index (χ3v) is 2.48. The zero-order chi connectivity index (χ0) is 14.3. The van der Waals surface area contributed by atoms with Crippen molar-refractivity contribution in [1.82, 2.24) is 5.32 Å². The van der Waals surface area contributed by atoms with Crippen LogP contribution in [0.3, 0.4) is 0 Å². The summed E-state index contributed by atoms with van der Waals surface area (Å²) < 4.78 is 0. The van der Waals surface area contributed by atoms with E-state index in [1.807, 2.05) is 13.0 Å². The van der Waals surface area contributed by atoms with Crippen molar-refractivity contribution < 1.29 is 9.59 Å². The second-order valence-electron chi connectivity index (χ2n) is 4.01. The van der Waals surface area contributed by atoms with Crippen molar-refractivity contribution in [1.29, 1.82) is 0 Å². The molecule has 0 heterocycles. The summed E-state index contributed by atoms with van der Waals surface area (Å²) in [5.41, 5.74) is 12.6. The quantitative estimate of drug-likeness (QED) is 0.659. The molecule has 2 amide bonds. The second kappa shape index (κ2) is 7.19. The van der Waals surface area contributed by atoms with Crippen LogP contribution >= 0.6 is 0 Å². The molecule has 0 bridgehead atoms. The Morgan fingerprint density at radius 2 is 2.11 bits per heavy atom. The molecule has 0 radical (unpaired) electrons. The minimum Gasteiger partial charge on any atom is -0.370 e. The summed E-state index contributed by atoms with van der Waals surface area (Å²) >= 11 is 0. The summed E-state index contributed by atoms with van der Waals surface area (Å²) in [4.78, 5) is 22.4. The largest absolute Gasteiger partial charge is 0.370 e. The number of primary amides is 1. The molecule has 1 rings (SSSR count). The van der Waals surface area contributed by atoms with Crippen molar-refractivity contribution in [3.8, 4) is 11.8 Å². The first-order chi connectivity index (χ1) is 9.04. The molecule has 0 fully saturated rings. The van der Waals surface area contributed by atoms with E-state index in [9.17, 15) is 9.59 Å². The molecule has 0 aliphatic heterocycles. The van der Waals surface area contributed by atoms with Gasteiger partial charge in [-0.05, 0) is 24.6 Å². The van der Waals surface area contributed by atoms with Crippen molar-refractivity contribution in [2.24, 2.45) is 11.5 Å². The maximum absolute atomic E-state index is 11.8. The molecule has 0 aliphatic carbocycles. The van der Waals surface area contributed by atoms with Gasteiger partial charge in [-0.1, -0.05) is 17.9 Å². The molecule has 1 aromatic carbocycles. The number of nitrogens with two attached hydrogens (primary N) is 2. The molecule has 0 aromatic heterocycles. The lowest BCUT2D eigenvalue weighted by atomic mass is 10.0. The van der Waals surface area contributed by atoms with E-state index < -0.39 is 5.91 Å². The first kappa shape index (κ1) is 14.7. The molecule has 19 heavy (non-hydrogen) atoms. The summed E-state index contributed by atoms with van der Waals surface area (Å²) in [6.07, 6.45) is 0.122. The lowest BCUT2D eigenvalue weighted by Gasteiger charge is -2.05. The smallest absolute Gasteiger partial charge is 0.251 e. The topological polar surface area (TPSA) is 98.2 Å². The molecule has 0 aliphatic rings. The van der Waals surface area contributed by atoms with Crippen LogP contribution in [0.5, 0.6) is 0 Å². The zero-order valence-electron chi connectivity index (χ0n) is 10.8. The van der Waals surface area contributed by atoms with Gasteiger partial charge in [-0.15, -0.1) is 0 Å². The van der Waals surface area contributed by atoms with E-state index in [2.05, 4.69) is 17.2 Å². The Hall–Kier alpha value is -2.32. The minimum atomic E-state index is -0.446. The normalized spacial score (nSPS) is 9.37. The number of benzene rings is 1. The predicted octanol–water partition coefficient (Wildman–Crippen LogP) is -0.0896. The van der Waals surface area contributed by atoms with E-state index >= 15 is 0 Å². The van der Waals surface area contributed by atoms with Gasteiger partial charge in [0.1, 0.15) is 0 Å². The van der Waals surface area contributed by atoms with Gasteiger partial charge in [0, 0.05) is 24.1 Å². The van der Waals surface area contributed by atoms with Crippen molar-refractivity contribution in [2.75, 3.05) is 13.1 Å². The highest BCUT2D eigenvalue weighted by Crippen LogP contribution is 2.10. The van der Waals surface area contributed by atoms with Gasteiger partial charge in [0.25, 0.3) is 5.91 Å². The van der Waals surface area contributed by atoms with Crippen LogP contribution in [0.25, 0.3) is 0 Å². The molecule has 5 nitrogen and oxygen atoms in total. The Kier molecular flexibility index (Phi) is 5.58. The number of carbonyl (C=O) groups excluding carboxylic acids is 2. The van der Waals surface area contributed by atoms with Gasteiger partial charge in [0.2, 0.25) is 5.91 Å². The minimum absolute atomic E-state index is 0.122. The number of hydrogen-bond acceptors (Lipinski definition) is 3. The molecular formula is C14H17N3O2. The van der Waals surface area contributed by atoms with E-state index in [1.54, 1.807) is 12.1 Å². The van der Waals surface area contributed by atoms with Crippen LogP contribution in [0.1, 0.15) is 27.9 Å². The van der Waals surface area contributed by atoms with Gasteiger partial charge < -0.3 is 16.8 Å². The summed E-state index contributed by atoms with van der Waals surface area (Å²) in [7, 11) is 0. The van der Waals surface area contributed by atoms with Crippen LogP contribution in [-0.2, 0) is 4.79 Å². The number of carbonyl (C=O) groups is 2. The van der Waals surface area contributed by atoms with Gasteiger partial charge >= 0.3 is 0 Å². The van der Waals surface area contributed by atoms with Crippen LogP contribution in [0.2, 0.25) is 0 Å². The predicted molar refractivity (Wildman–Crippen MR) is 73.3 cm³/mol. The van der Waals surface area contributed by atoms with E-state index in [1.165, 1.54) is 0 Å². The highest BCUT2D eigenvalue weighted by Gasteiger charge is 2.07. The highest BCUT2D eigenvalue weighted by molar-refractivity contribution is 5.94. The van der Waals surface area contributed by atoms with Gasteiger partial charge in [-0.3, -0.25) is 9.59 Å². The van der Waals surface area contributed by atoms with Crippen molar-refractivity contribution in [3.63, 3.8) is 0 Å². The SMILES string of the molecule is Cc1ccc(C(=O)NCCC(N)=O)cc1C#CCN. The molecule has 0 atom stereocenters. The molecule has 0 spiro atoms. The van der Waals surface area contributed by atoms with Crippen LogP contribution in [-0.4, -0.2) is 24.9 Å². The van der Waals surface area contributed by atoms with Crippen molar-refractivity contribution in [2.45, 2.75) is 13.3 Å². The number of nitrogens with one attached hydrogen (secondary N) is 1.